The van der Waals surface area contributed by atoms with E-state index in [9.17, 15) is 9.18 Å². The van der Waals surface area contributed by atoms with Gasteiger partial charge in [0.1, 0.15) is 11.6 Å². The molecule has 0 bridgehead atoms. The van der Waals surface area contributed by atoms with E-state index in [0.29, 0.717) is 6.42 Å². The Kier molecular flexibility index (Phi) is 4.60. The molecule has 0 radical (unpaired) electrons. The third-order valence-electron chi connectivity index (χ3n) is 1.98. The molecule has 0 aliphatic rings. The lowest BCUT2D eigenvalue weighted by Crippen LogP contribution is -1.99. The fourth-order valence-electron chi connectivity index (χ4n) is 1.21. The Bertz CT molecular complexity index is 295. The molecule has 0 saturated heterocycles. The Morgan fingerprint density at radius 3 is 2.50 bits per heavy atom. The predicted molar refractivity (Wildman–Crippen MR) is 55.1 cm³/mol. The molecular formula is C11H12ClFO. The number of alkyl halides is 1. The van der Waals surface area contributed by atoms with Crippen molar-refractivity contribution >= 4 is 17.4 Å². The van der Waals surface area contributed by atoms with E-state index in [1.807, 2.05) is 0 Å². The van der Waals surface area contributed by atoms with E-state index in [0.717, 1.165) is 18.4 Å². The minimum atomic E-state index is -0.231. The normalized spacial score (nSPS) is 10.1. The van der Waals surface area contributed by atoms with Gasteiger partial charge in [-0.3, -0.25) is 4.79 Å². The van der Waals surface area contributed by atoms with Crippen LogP contribution < -0.4 is 0 Å². The first-order valence-corrected chi connectivity index (χ1v) is 5.08. The predicted octanol–water partition coefficient (Wildman–Crippen LogP) is 2.96. The maximum Gasteiger partial charge on any atom is 0.147 e. The van der Waals surface area contributed by atoms with Gasteiger partial charge in [0.25, 0.3) is 0 Å². The highest BCUT2D eigenvalue weighted by Gasteiger charge is 1.99. The van der Waals surface area contributed by atoms with E-state index in [4.69, 9.17) is 11.6 Å². The summed E-state index contributed by atoms with van der Waals surface area (Å²) in [5.41, 5.74) is 1.05. The fraction of sp³-hybridized carbons (Fsp3) is 0.364. The summed E-state index contributed by atoms with van der Waals surface area (Å²) in [6, 6.07) is 6.33. The highest BCUT2D eigenvalue weighted by molar-refractivity contribution is 6.27. The van der Waals surface area contributed by atoms with Crippen LogP contribution in [-0.4, -0.2) is 11.7 Å². The van der Waals surface area contributed by atoms with E-state index < -0.39 is 0 Å². The molecule has 0 atom stereocenters. The van der Waals surface area contributed by atoms with Crippen molar-refractivity contribution in [3.05, 3.63) is 35.6 Å². The average molecular weight is 215 g/mol. The Hall–Kier alpha value is -0.890. The molecule has 3 heteroatoms. The van der Waals surface area contributed by atoms with Gasteiger partial charge in [-0.1, -0.05) is 12.1 Å². The van der Waals surface area contributed by atoms with Crippen molar-refractivity contribution in [2.45, 2.75) is 19.3 Å². The Morgan fingerprint density at radius 2 is 1.93 bits per heavy atom. The van der Waals surface area contributed by atoms with Crippen LogP contribution in [0.5, 0.6) is 0 Å². The molecule has 76 valence electrons. The first-order chi connectivity index (χ1) is 6.72. The van der Waals surface area contributed by atoms with Crippen LogP contribution in [0, 0.1) is 5.82 Å². The maximum absolute atomic E-state index is 12.5. The van der Waals surface area contributed by atoms with E-state index in [-0.39, 0.29) is 17.5 Å². The van der Waals surface area contributed by atoms with Gasteiger partial charge in [0.15, 0.2) is 0 Å². The van der Waals surface area contributed by atoms with Crippen LogP contribution in [0.15, 0.2) is 24.3 Å². The third kappa shape index (κ3) is 3.88. The van der Waals surface area contributed by atoms with Crippen molar-refractivity contribution < 1.29 is 9.18 Å². The fourth-order valence-corrected chi connectivity index (χ4v) is 1.34. The summed E-state index contributed by atoms with van der Waals surface area (Å²) >= 11 is 5.36. The smallest absolute Gasteiger partial charge is 0.147 e. The Balaban J connectivity index is 2.31. The highest BCUT2D eigenvalue weighted by atomic mass is 35.5. The van der Waals surface area contributed by atoms with Crippen molar-refractivity contribution in [1.82, 2.24) is 0 Å². The number of carbonyl (C=O) groups is 1. The van der Waals surface area contributed by atoms with E-state index in [1.54, 1.807) is 12.1 Å². The standard InChI is InChI=1S/C11H12ClFO/c12-8-11(14)3-1-2-9-4-6-10(13)7-5-9/h4-7H,1-3,8H2. The molecule has 0 aliphatic carbocycles. The van der Waals surface area contributed by atoms with Crippen LogP contribution in [-0.2, 0) is 11.2 Å². The van der Waals surface area contributed by atoms with Gasteiger partial charge in [0.2, 0.25) is 0 Å². The van der Waals surface area contributed by atoms with Gasteiger partial charge >= 0.3 is 0 Å². The summed E-state index contributed by atoms with van der Waals surface area (Å²) in [7, 11) is 0. The molecule has 0 heterocycles. The van der Waals surface area contributed by atoms with Crippen molar-refractivity contribution in [3.63, 3.8) is 0 Å². The Labute approximate surface area is 87.9 Å². The van der Waals surface area contributed by atoms with Gasteiger partial charge in [0, 0.05) is 6.42 Å². The van der Waals surface area contributed by atoms with E-state index in [2.05, 4.69) is 0 Å². The minimum Gasteiger partial charge on any atom is -0.298 e. The van der Waals surface area contributed by atoms with Crippen molar-refractivity contribution in [2.75, 3.05) is 5.88 Å². The van der Waals surface area contributed by atoms with Crippen LogP contribution in [0.2, 0.25) is 0 Å². The molecule has 1 nitrogen and oxygen atoms in total. The second-order valence-corrected chi connectivity index (χ2v) is 3.42. The number of halogens is 2. The molecular weight excluding hydrogens is 203 g/mol. The van der Waals surface area contributed by atoms with Gasteiger partial charge in [-0.05, 0) is 30.5 Å². The van der Waals surface area contributed by atoms with Gasteiger partial charge in [-0.2, -0.15) is 0 Å². The number of benzene rings is 1. The molecule has 0 spiro atoms. The summed E-state index contributed by atoms with van der Waals surface area (Å²) in [4.78, 5) is 10.9. The molecule has 14 heavy (non-hydrogen) atoms. The molecule has 0 fully saturated rings. The number of hydrogen-bond donors (Lipinski definition) is 0. The van der Waals surface area contributed by atoms with Crippen LogP contribution in [0.4, 0.5) is 4.39 Å². The summed E-state index contributed by atoms with van der Waals surface area (Å²) in [6.45, 7) is 0. The zero-order valence-corrected chi connectivity index (χ0v) is 8.56. The lowest BCUT2D eigenvalue weighted by molar-refractivity contribution is -0.116. The second kappa shape index (κ2) is 5.76. The number of Topliss-reactive ketones (excluding diaryl/α,β-unsaturated/α-hetero) is 1. The third-order valence-corrected chi connectivity index (χ3v) is 2.28. The molecule has 0 amide bonds. The summed E-state index contributed by atoms with van der Waals surface area (Å²) < 4.78 is 12.5. The number of rotatable bonds is 5. The topological polar surface area (TPSA) is 17.1 Å². The molecule has 1 aromatic carbocycles. The summed E-state index contributed by atoms with van der Waals surface area (Å²) in [5, 5.41) is 0. The molecule has 0 aliphatic heterocycles. The maximum atomic E-state index is 12.5. The number of carbonyl (C=O) groups excluding carboxylic acids is 1. The van der Waals surface area contributed by atoms with Crippen molar-refractivity contribution in [2.24, 2.45) is 0 Å². The molecule has 0 N–H and O–H groups in total. The quantitative estimate of drug-likeness (QED) is 0.689. The highest BCUT2D eigenvalue weighted by Crippen LogP contribution is 2.07. The average Bonchev–Trinajstić information content (AvgIpc) is 2.21. The molecule has 1 aromatic rings. The lowest BCUT2D eigenvalue weighted by Gasteiger charge is -1.99. The second-order valence-electron chi connectivity index (χ2n) is 3.15. The van der Waals surface area contributed by atoms with Gasteiger partial charge < -0.3 is 0 Å². The zero-order valence-electron chi connectivity index (χ0n) is 7.80. The zero-order chi connectivity index (χ0) is 10.4. The van der Waals surface area contributed by atoms with Gasteiger partial charge in [-0.25, -0.2) is 4.39 Å². The van der Waals surface area contributed by atoms with Crippen molar-refractivity contribution in [1.29, 1.82) is 0 Å². The van der Waals surface area contributed by atoms with Crippen molar-refractivity contribution in [3.8, 4) is 0 Å². The molecule has 1 rings (SSSR count). The number of ketones is 1. The number of hydrogen-bond acceptors (Lipinski definition) is 1. The summed E-state index contributed by atoms with van der Waals surface area (Å²) in [5.74, 6) is -0.0805. The lowest BCUT2D eigenvalue weighted by atomic mass is 10.1. The van der Waals surface area contributed by atoms with E-state index >= 15 is 0 Å². The first kappa shape index (κ1) is 11.2. The molecule has 0 saturated carbocycles. The van der Waals surface area contributed by atoms with Crippen LogP contribution >= 0.6 is 11.6 Å². The van der Waals surface area contributed by atoms with E-state index in [1.165, 1.54) is 12.1 Å². The van der Waals surface area contributed by atoms with Crippen LogP contribution in [0.25, 0.3) is 0 Å². The summed E-state index contributed by atoms with van der Waals surface area (Å²) in [6.07, 6.45) is 2.07. The van der Waals surface area contributed by atoms with Gasteiger partial charge in [-0.15, -0.1) is 11.6 Å². The first-order valence-electron chi connectivity index (χ1n) is 4.54. The number of aryl methyl sites for hydroxylation is 1. The van der Waals surface area contributed by atoms with Gasteiger partial charge in [0.05, 0.1) is 5.88 Å². The largest absolute Gasteiger partial charge is 0.298 e. The minimum absolute atomic E-state index is 0.0637. The van der Waals surface area contributed by atoms with Crippen LogP contribution in [0.1, 0.15) is 18.4 Å². The van der Waals surface area contributed by atoms with Crippen LogP contribution in [0.3, 0.4) is 0 Å². The molecule has 0 aromatic heterocycles. The molecule has 0 unspecified atom stereocenters. The SMILES string of the molecule is O=C(CCl)CCCc1ccc(F)cc1. The Morgan fingerprint density at radius 1 is 1.29 bits per heavy atom. The monoisotopic (exact) mass is 214 g/mol.